The number of carbonyl (C=O) groups is 1. The Bertz CT molecular complexity index is 737. The third kappa shape index (κ3) is 2.40. The molecule has 2 rings (SSSR count). The second-order valence-corrected chi connectivity index (χ2v) is 3.34. The number of aromatic nitrogens is 3. The van der Waals surface area contributed by atoms with Gasteiger partial charge in [-0.15, -0.1) is 0 Å². The van der Waals surface area contributed by atoms with Crippen LogP contribution < -0.4 is 17.0 Å². The summed E-state index contributed by atoms with van der Waals surface area (Å²) >= 11 is 0. The smallest absolute Gasteiger partial charge is 0.333 e. The lowest BCUT2D eigenvalue weighted by molar-refractivity contribution is 0.1000. The number of nitrogens with two attached hydrogens (primary N) is 1. The Labute approximate surface area is 104 Å². The molecule has 9 heteroatoms. The van der Waals surface area contributed by atoms with Crippen molar-refractivity contribution in [2.45, 2.75) is 0 Å². The molecule has 0 aliphatic heterocycles. The van der Waals surface area contributed by atoms with Crippen LogP contribution >= 0.6 is 0 Å². The van der Waals surface area contributed by atoms with Crippen LogP contribution in [0.3, 0.4) is 0 Å². The van der Waals surface area contributed by atoms with Crippen LogP contribution in [0.15, 0.2) is 34.2 Å². The number of halogens is 1. The van der Waals surface area contributed by atoms with Gasteiger partial charge in [-0.05, 0) is 6.07 Å². The fourth-order valence-corrected chi connectivity index (χ4v) is 1.44. The monoisotopic (exact) mass is 268 g/mol. The highest BCUT2D eigenvalue weighted by Gasteiger charge is 2.15. The SMILES string of the molecule is NC(=O)c1ccncc1-n1c(=O)[nH]cc(F)c1=O.O. The molecule has 0 spiro atoms. The van der Waals surface area contributed by atoms with Crippen molar-refractivity contribution >= 4 is 5.91 Å². The normalized spacial score (nSPS) is 9.74. The summed E-state index contributed by atoms with van der Waals surface area (Å²) in [5.74, 6) is -2.02. The summed E-state index contributed by atoms with van der Waals surface area (Å²) in [5, 5.41) is 0. The summed E-state index contributed by atoms with van der Waals surface area (Å²) < 4.78 is 13.6. The van der Waals surface area contributed by atoms with Gasteiger partial charge in [0.2, 0.25) is 5.82 Å². The van der Waals surface area contributed by atoms with Gasteiger partial charge in [0.1, 0.15) is 0 Å². The molecule has 0 atom stereocenters. The minimum atomic E-state index is -1.19. The number of pyridine rings is 1. The van der Waals surface area contributed by atoms with Crippen LogP contribution in [0, 0.1) is 5.82 Å². The Morgan fingerprint density at radius 1 is 1.42 bits per heavy atom. The molecule has 0 saturated carbocycles. The van der Waals surface area contributed by atoms with E-state index in [1.54, 1.807) is 0 Å². The van der Waals surface area contributed by atoms with Gasteiger partial charge in [-0.2, -0.15) is 4.39 Å². The first-order valence-electron chi connectivity index (χ1n) is 4.77. The molecule has 0 radical (unpaired) electrons. The molecule has 0 aliphatic rings. The second-order valence-electron chi connectivity index (χ2n) is 3.34. The highest BCUT2D eigenvalue weighted by molar-refractivity contribution is 5.96. The van der Waals surface area contributed by atoms with E-state index in [9.17, 15) is 18.8 Å². The maximum Gasteiger partial charge on any atom is 0.333 e. The standard InChI is InChI=1S/C10H7FN4O3.H2O/c11-6-3-14-10(18)15(9(6)17)7-4-13-2-1-5(7)8(12)16;/h1-4H,(H2,12,16)(H,14,18);1H2. The molecule has 0 unspecified atom stereocenters. The van der Waals surface area contributed by atoms with Gasteiger partial charge >= 0.3 is 5.69 Å². The largest absolute Gasteiger partial charge is 0.412 e. The number of nitrogens with zero attached hydrogens (tertiary/aromatic N) is 2. The van der Waals surface area contributed by atoms with Gasteiger partial charge in [0.15, 0.2) is 0 Å². The maximum atomic E-state index is 13.1. The first kappa shape index (κ1) is 14.3. The molecular formula is C10H9FN4O4. The number of H-pyrrole nitrogens is 1. The number of amides is 1. The molecule has 0 aromatic carbocycles. The van der Waals surface area contributed by atoms with Gasteiger partial charge in [-0.1, -0.05) is 0 Å². The summed E-state index contributed by atoms with van der Waals surface area (Å²) in [4.78, 5) is 40.0. The van der Waals surface area contributed by atoms with Gasteiger partial charge in [0.25, 0.3) is 11.5 Å². The van der Waals surface area contributed by atoms with Crippen LogP contribution in [0.5, 0.6) is 0 Å². The minimum absolute atomic E-state index is 0. The first-order chi connectivity index (χ1) is 8.52. The van der Waals surface area contributed by atoms with E-state index >= 15 is 0 Å². The molecule has 2 aromatic heterocycles. The molecule has 0 fully saturated rings. The number of hydrogen-bond donors (Lipinski definition) is 2. The number of nitrogens with one attached hydrogen (secondary N) is 1. The Morgan fingerprint density at radius 3 is 2.74 bits per heavy atom. The van der Waals surface area contributed by atoms with E-state index < -0.39 is 23.0 Å². The van der Waals surface area contributed by atoms with E-state index in [0.29, 0.717) is 10.8 Å². The third-order valence-electron chi connectivity index (χ3n) is 2.24. The van der Waals surface area contributed by atoms with Gasteiger partial charge in [0, 0.05) is 12.4 Å². The van der Waals surface area contributed by atoms with Crippen molar-refractivity contribution < 1.29 is 14.7 Å². The highest BCUT2D eigenvalue weighted by atomic mass is 19.1. The van der Waals surface area contributed by atoms with E-state index in [-0.39, 0.29) is 16.7 Å². The molecule has 8 nitrogen and oxygen atoms in total. The molecule has 2 heterocycles. The minimum Gasteiger partial charge on any atom is -0.412 e. The Hall–Kier alpha value is -2.81. The van der Waals surface area contributed by atoms with E-state index in [1.165, 1.54) is 12.3 Å². The van der Waals surface area contributed by atoms with E-state index in [0.717, 1.165) is 6.20 Å². The lowest BCUT2D eigenvalue weighted by atomic mass is 10.2. The van der Waals surface area contributed by atoms with Gasteiger partial charge in [-0.25, -0.2) is 9.36 Å². The molecule has 5 N–H and O–H groups in total. The summed E-state index contributed by atoms with van der Waals surface area (Å²) in [6.07, 6.45) is 2.99. The first-order valence-corrected chi connectivity index (χ1v) is 4.77. The Kier molecular flexibility index (Phi) is 3.92. The predicted molar refractivity (Wildman–Crippen MR) is 62.5 cm³/mol. The molecule has 2 aromatic rings. The Morgan fingerprint density at radius 2 is 2.11 bits per heavy atom. The predicted octanol–water partition coefficient (Wildman–Crippen LogP) is -1.67. The molecule has 0 saturated heterocycles. The van der Waals surface area contributed by atoms with Crippen LogP contribution in [-0.2, 0) is 0 Å². The van der Waals surface area contributed by atoms with Crippen LogP contribution in [0.1, 0.15) is 10.4 Å². The molecule has 19 heavy (non-hydrogen) atoms. The summed E-state index contributed by atoms with van der Waals surface area (Å²) in [5.41, 5.74) is 2.75. The van der Waals surface area contributed by atoms with E-state index in [4.69, 9.17) is 5.73 Å². The van der Waals surface area contributed by atoms with Crippen molar-refractivity contribution in [1.82, 2.24) is 14.5 Å². The van der Waals surface area contributed by atoms with Crippen molar-refractivity contribution in [3.63, 3.8) is 0 Å². The van der Waals surface area contributed by atoms with Crippen LogP contribution in [0.4, 0.5) is 4.39 Å². The Balaban J connectivity index is 0.00000180. The van der Waals surface area contributed by atoms with Gasteiger partial charge in [-0.3, -0.25) is 14.6 Å². The number of carbonyl (C=O) groups excluding carboxylic acids is 1. The van der Waals surface area contributed by atoms with Crippen molar-refractivity contribution in [3.05, 3.63) is 56.9 Å². The van der Waals surface area contributed by atoms with Crippen molar-refractivity contribution in [1.29, 1.82) is 0 Å². The van der Waals surface area contributed by atoms with Gasteiger partial charge < -0.3 is 16.2 Å². The van der Waals surface area contributed by atoms with E-state index in [2.05, 4.69) is 4.98 Å². The molecule has 1 amide bonds. The number of rotatable bonds is 2. The lowest BCUT2D eigenvalue weighted by Crippen LogP contribution is -2.36. The van der Waals surface area contributed by atoms with E-state index in [1.807, 2.05) is 4.98 Å². The molecule has 100 valence electrons. The fourth-order valence-electron chi connectivity index (χ4n) is 1.44. The van der Waals surface area contributed by atoms with Crippen LogP contribution in [0.25, 0.3) is 5.69 Å². The summed E-state index contributed by atoms with van der Waals surface area (Å²) in [6, 6.07) is 1.23. The molecule has 0 bridgehead atoms. The van der Waals surface area contributed by atoms with Crippen LogP contribution in [-0.4, -0.2) is 25.9 Å². The average molecular weight is 268 g/mol. The zero-order valence-corrected chi connectivity index (χ0v) is 9.38. The number of aromatic amines is 1. The molecular weight excluding hydrogens is 259 g/mol. The maximum absolute atomic E-state index is 13.1. The third-order valence-corrected chi connectivity index (χ3v) is 2.24. The quantitative estimate of drug-likeness (QED) is 0.671. The number of primary amides is 1. The highest BCUT2D eigenvalue weighted by Crippen LogP contribution is 2.08. The molecule has 0 aliphatic carbocycles. The van der Waals surface area contributed by atoms with Crippen molar-refractivity contribution in [2.24, 2.45) is 5.73 Å². The second kappa shape index (κ2) is 5.23. The van der Waals surface area contributed by atoms with Crippen LogP contribution in [0.2, 0.25) is 0 Å². The number of hydrogen-bond acceptors (Lipinski definition) is 4. The summed E-state index contributed by atoms with van der Waals surface area (Å²) in [6.45, 7) is 0. The summed E-state index contributed by atoms with van der Waals surface area (Å²) in [7, 11) is 0. The average Bonchev–Trinajstić information content (AvgIpc) is 2.35. The van der Waals surface area contributed by atoms with Crippen molar-refractivity contribution in [2.75, 3.05) is 0 Å². The van der Waals surface area contributed by atoms with Gasteiger partial charge in [0.05, 0.1) is 17.4 Å². The lowest BCUT2D eigenvalue weighted by Gasteiger charge is -2.07. The zero-order valence-electron chi connectivity index (χ0n) is 9.38. The topological polar surface area (TPSA) is 142 Å². The van der Waals surface area contributed by atoms with Crippen molar-refractivity contribution in [3.8, 4) is 5.69 Å². The fraction of sp³-hybridized carbons (Fsp3) is 0. The zero-order chi connectivity index (χ0) is 13.3.